The van der Waals surface area contributed by atoms with Crippen LogP contribution < -0.4 is 5.32 Å². The Morgan fingerprint density at radius 1 is 1.29 bits per heavy atom. The molecule has 1 aromatic carbocycles. The van der Waals surface area contributed by atoms with Crippen LogP contribution in [0.4, 0.5) is 8.78 Å². The number of benzene rings is 1. The zero-order valence-corrected chi connectivity index (χ0v) is 16.7. The van der Waals surface area contributed by atoms with Crippen molar-refractivity contribution in [1.29, 1.82) is 0 Å². The van der Waals surface area contributed by atoms with Crippen LogP contribution in [0.2, 0.25) is 0 Å². The fourth-order valence-electron chi connectivity index (χ4n) is 4.14. The Kier molecular flexibility index (Phi) is 6.47. The molecule has 2 aromatic rings. The van der Waals surface area contributed by atoms with Gasteiger partial charge in [-0.15, -0.1) is 0 Å². The molecule has 1 aliphatic rings. The van der Waals surface area contributed by atoms with Crippen molar-refractivity contribution >= 4 is 5.91 Å². The second-order valence-electron chi connectivity index (χ2n) is 8.22. The zero-order chi connectivity index (χ0) is 20.3. The van der Waals surface area contributed by atoms with Gasteiger partial charge in [0.2, 0.25) is 5.91 Å². The number of nitrogens with one attached hydrogen (secondary N) is 1. The van der Waals surface area contributed by atoms with E-state index in [2.05, 4.69) is 31.1 Å². The molecule has 6 heteroatoms. The number of oxazole rings is 1. The molecule has 4 nitrogen and oxygen atoms in total. The summed E-state index contributed by atoms with van der Waals surface area (Å²) in [6, 6.07) is 3.84. The molecule has 28 heavy (non-hydrogen) atoms. The van der Waals surface area contributed by atoms with E-state index >= 15 is 0 Å². The molecule has 152 valence electrons. The van der Waals surface area contributed by atoms with Gasteiger partial charge in [-0.05, 0) is 42.7 Å². The Bertz CT molecular complexity index is 798. The molecular formula is C22H28F2N2O2. The summed E-state index contributed by atoms with van der Waals surface area (Å²) >= 11 is 0. The van der Waals surface area contributed by atoms with Gasteiger partial charge in [-0.25, -0.2) is 13.8 Å². The molecule has 3 atom stereocenters. The first-order chi connectivity index (χ1) is 13.3. The molecule has 0 bridgehead atoms. The standard InChI is InChI=1S/C22H28F2N2O2/c1-13(2)15-8-7-14(3)11-18(15)26-20(27)9-10-21-25-12-19(28-21)22-16(23)5-4-6-17(22)24/h4-6,12-15,18H,7-11H2,1-3H3,(H,26,27)/t14-,15+,18-/m1/s1. The van der Waals surface area contributed by atoms with Crippen molar-refractivity contribution in [2.45, 2.75) is 58.9 Å². The lowest BCUT2D eigenvalue weighted by atomic mass is 9.74. The van der Waals surface area contributed by atoms with Gasteiger partial charge in [-0.1, -0.05) is 33.3 Å². The van der Waals surface area contributed by atoms with E-state index in [1.807, 2.05) is 0 Å². The van der Waals surface area contributed by atoms with Crippen molar-refractivity contribution in [3.05, 3.63) is 41.9 Å². The molecule has 1 fully saturated rings. The van der Waals surface area contributed by atoms with Crippen LogP contribution in [0, 0.1) is 29.4 Å². The highest BCUT2D eigenvalue weighted by molar-refractivity contribution is 5.76. The fourth-order valence-corrected chi connectivity index (χ4v) is 4.14. The van der Waals surface area contributed by atoms with Crippen LogP contribution >= 0.6 is 0 Å². The molecule has 1 heterocycles. The minimum absolute atomic E-state index is 0.0342. The molecule has 1 saturated carbocycles. The lowest BCUT2D eigenvalue weighted by molar-refractivity contribution is -0.122. The number of carbonyl (C=O) groups is 1. The number of nitrogens with zero attached hydrogens (tertiary/aromatic N) is 1. The van der Waals surface area contributed by atoms with Crippen LogP contribution in [-0.4, -0.2) is 16.9 Å². The highest BCUT2D eigenvalue weighted by Gasteiger charge is 2.31. The number of amides is 1. The number of hydrogen-bond acceptors (Lipinski definition) is 3. The number of rotatable bonds is 6. The second-order valence-corrected chi connectivity index (χ2v) is 8.22. The molecule has 1 N–H and O–H groups in total. The largest absolute Gasteiger partial charge is 0.441 e. The minimum Gasteiger partial charge on any atom is -0.441 e. The first-order valence-corrected chi connectivity index (χ1v) is 10.0. The lowest BCUT2D eigenvalue weighted by Crippen LogP contribution is -2.45. The van der Waals surface area contributed by atoms with Crippen LogP contribution in [-0.2, 0) is 11.2 Å². The molecule has 0 spiro atoms. The van der Waals surface area contributed by atoms with E-state index < -0.39 is 11.6 Å². The fraction of sp³-hybridized carbons (Fsp3) is 0.545. The average Bonchev–Trinajstić information content (AvgIpc) is 3.08. The van der Waals surface area contributed by atoms with E-state index in [1.165, 1.54) is 30.8 Å². The maximum atomic E-state index is 13.9. The van der Waals surface area contributed by atoms with Crippen molar-refractivity contribution in [2.24, 2.45) is 17.8 Å². The van der Waals surface area contributed by atoms with Gasteiger partial charge in [0.05, 0.1) is 11.8 Å². The van der Waals surface area contributed by atoms with Gasteiger partial charge in [0.25, 0.3) is 0 Å². The summed E-state index contributed by atoms with van der Waals surface area (Å²) in [5.41, 5.74) is -0.235. The highest BCUT2D eigenvalue weighted by Crippen LogP contribution is 2.33. The number of hydrogen-bond donors (Lipinski definition) is 1. The molecule has 0 radical (unpaired) electrons. The van der Waals surface area contributed by atoms with Gasteiger partial charge in [0, 0.05) is 18.9 Å². The third-order valence-corrected chi connectivity index (χ3v) is 5.70. The van der Waals surface area contributed by atoms with E-state index in [0.29, 0.717) is 23.6 Å². The van der Waals surface area contributed by atoms with Gasteiger partial charge in [0.15, 0.2) is 11.7 Å². The topological polar surface area (TPSA) is 55.1 Å². The van der Waals surface area contributed by atoms with Gasteiger partial charge in [0.1, 0.15) is 11.6 Å². The third kappa shape index (κ3) is 4.78. The summed E-state index contributed by atoms with van der Waals surface area (Å²) in [6.07, 6.45) is 5.17. The van der Waals surface area contributed by atoms with Crippen molar-refractivity contribution < 1.29 is 18.0 Å². The van der Waals surface area contributed by atoms with Gasteiger partial charge >= 0.3 is 0 Å². The van der Waals surface area contributed by atoms with Gasteiger partial charge in [-0.3, -0.25) is 4.79 Å². The van der Waals surface area contributed by atoms with Crippen LogP contribution in [0.15, 0.2) is 28.8 Å². The van der Waals surface area contributed by atoms with E-state index in [9.17, 15) is 13.6 Å². The maximum Gasteiger partial charge on any atom is 0.220 e. The summed E-state index contributed by atoms with van der Waals surface area (Å²) in [6.45, 7) is 6.64. The van der Waals surface area contributed by atoms with Crippen LogP contribution in [0.5, 0.6) is 0 Å². The number of aromatic nitrogens is 1. The summed E-state index contributed by atoms with van der Waals surface area (Å²) in [5.74, 6) is 0.530. The summed E-state index contributed by atoms with van der Waals surface area (Å²) in [4.78, 5) is 16.5. The molecule has 1 amide bonds. The monoisotopic (exact) mass is 390 g/mol. The lowest BCUT2D eigenvalue weighted by Gasteiger charge is -2.37. The molecule has 0 aliphatic heterocycles. The molecule has 1 aromatic heterocycles. The molecule has 3 rings (SSSR count). The molecule has 0 saturated heterocycles. The van der Waals surface area contributed by atoms with Crippen molar-refractivity contribution in [3.8, 4) is 11.3 Å². The summed E-state index contributed by atoms with van der Waals surface area (Å²) in [5, 5.41) is 3.18. The summed E-state index contributed by atoms with van der Waals surface area (Å²) in [7, 11) is 0. The predicted molar refractivity (Wildman–Crippen MR) is 103 cm³/mol. The Balaban J connectivity index is 1.59. The van der Waals surface area contributed by atoms with Crippen LogP contribution in [0.25, 0.3) is 11.3 Å². The Morgan fingerprint density at radius 3 is 2.68 bits per heavy atom. The first kappa shape index (κ1) is 20.5. The first-order valence-electron chi connectivity index (χ1n) is 10.0. The van der Waals surface area contributed by atoms with Crippen molar-refractivity contribution in [1.82, 2.24) is 10.3 Å². The average molecular weight is 390 g/mol. The van der Waals surface area contributed by atoms with E-state index in [4.69, 9.17) is 4.42 Å². The molecule has 0 unspecified atom stereocenters. The van der Waals surface area contributed by atoms with E-state index in [0.717, 1.165) is 12.8 Å². The Hall–Kier alpha value is -2.24. The van der Waals surface area contributed by atoms with E-state index in [1.54, 1.807) is 0 Å². The van der Waals surface area contributed by atoms with Gasteiger partial charge < -0.3 is 9.73 Å². The Labute approximate surface area is 164 Å². The SMILES string of the molecule is CC(C)[C@@H]1CC[C@@H](C)C[C@H]1NC(=O)CCc1ncc(-c2c(F)cccc2F)o1. The van der Waals surface area contributed by atoms with E-state index in [-0.39, 0.29) is 36.1 Å². The van der Waals surface area contributed by atoms with Crippen molar-refractivity contribution in [2.75, 3.05) is 0 Å². The number of carbonyl (C=O) groups excluding carboxylic acids is 1. The van der Waals surface area contributed by atoms with Gasteiger partial charge in [-0.2, -0.15) is 0 Å². The van der Waals surface area contributed by atoms with Crippen LogP contribution in [0.3, 0.4) is 0 Å². The third-order valence-electron chi connectivity index (χ3n) is 5.70. The van der Waals surface area contributed by atoms with Crippen molar-refractivity contribution in [3.63, 3.8) is 0 Å². The number of aryl methyl sites for hydroxylation is 1. The Morgan fingerprint density at radius 2 is 2.00 bits per heavy atom. The minimum atomic E-state index is -0.702. The summed E-state index contributed by atoms with van der Waals surface area (Å²) < 4.78 is 33.2. The zero-order valence-electron chi connectivity index (χ0n) is 16.7. The highest BCUT2D eigenvalue weighted by atomic mass is 19.1. The normalized spacial score (nSPS) is 22.4. The maximum absolute atomic E-state index is 13.9. The quantitative estimate of drug-likeness (QED) is 0.744. The molecule has 1 aliphatic carbocycles. The second kappa shape index (κ2) is 8.84. The van der Waals surface area contributed by atoms with Crippen LogP contribution in [0.1, 0.15) is 52.3 Å². The molecular weight excluding hydrogens is 362 g/mol. The number of halogens is 2. The smallest absolute Gasteiger partial charge is 0.220 e. The predicted octanol–water partition coefficient (Wildman–Crippen LogP) is 5.13.